The first-order valence-electron chi connectivity index (χ1n) is 19.1. The van der Waals surface area contributed by atoms with Gasteiger partial charge in [-0.25, -0.2) is 0 Å². The first-order valence-corrected chi connectivity index (χ1v) is 19.1. The molecule has 0 amide bonds. The van der Waals surface area contributed by atoms with Crippen molar-refractivity contribution in [2.24, 2.45) is 57.2 Å². The zero-order valence-electron chi connectivity index (χ0n) is 32.9. The Morgan fingerprint density at radius 2 is 1.39 bits per heavy atom. The van der Waals surface area contributed by atoms with Gasteiger partial charge >= 0.3 is 17.9 Å². The highest BCUT2D eigenvalue weighted by atomic mass is 16.6. The average Bonchev–Trinajstić information content (AvgIpc) is 3.34. The van der Waals surface area contributed by atoms with Crippen molar-refractivity contribution in [2.45, 2.75) is 160 Å². The molecule has 0 aliphatic heterocycles. The van der Waals surface area contributed by atoms with E-state index in [1.165, 1.54) is 11.1 Å². The molecule has 0 unspecified atom stereocenters. The molecule has 0 spiro atoms. The van der Waals surface area contributed by atoms with Gasteiger partial charge in [0.1, 0.15) is 18.0 Å². The zero-order valence-corrected chi connectivity index (χ0v) is 32.9. The second kappa shape index (κ2) is 13.9. The van der Waals surface area contributed by atoms with Crippen LogP contribution in [0.25, 0.3) is 0 Å². The lowest BCUT2D eigenvalue weighted by atomic mass is 9.36. The molecule has 3 fully saturated rings. The minimum absolute atomic E-state index is 0.0288. The topological polar surface area (TPSA) is 96.0 Å². The Balaban J connectivity index is 1.79. The highest BCUT2D eigenvalue weighted by molar-refractivity contribution is 5.85. The van der Waals surface area contributed by atoms with Crippen LogP contribution in [0.1, 0.15) is 141 Å². The Morgan fingerprint density at radius 1 is 0.816 bits per heavy atom. The number of allylic oxidation sites excluding steroid dienone is 1. The summed E-state index contributed by atoms with van der Waals surface area (Å²) in [6.07, 6.45) is 4.72. The summed E-state index contributed by atoms with van der Waals surface area (Å²) in [4.78, 5) is 52.5. The van der Waals surface area contributed by atoms with Gasteiger partial charge in [-0.3, -0.25) is 19.2 Å². The summed E-state index contributed by atoms with van der Waals surface area (Å²) in [6, 6.07) is 0. The molecule has 0 aromatic carbocycles. The van der Waals surface area contributed by atoms with Gasteiger partial charge in [-0.15, -0.1) is 0 Å². The fourth-order valence-corrected chi connectivity index (χ4v) is 10.8. The Morgan fingerprint density at radius 3 is 1.94 bits per heavy atom. The van der Waals surface area contributed by atoms with Gasteiger partial charge in [0, 0.05) is 24.2 Å². The van der Waals surface area contributed by atoms with Crippen LogP contribution in [0.4, 0.5) is 0 Å². The van der Waals surface area contributed by atoms with Crippen molar-refractivity contribution < 1.29 is 33.4 Å². The summed E-state index contributed by atoms with van der Waals surface area (Å²) in [5.74, 6) is -0.997. The van der Waals surface area contributed by atoms with Gasteiger partial charge in [-0.1, -0.05) is 101 Å². The van der Waals surface area contributed by atoms with E-state index in [0.717, 1.165) is 32.1 Å². The van der Waals surface area contributed by atoms with E-state index < -0.39 is 17.6 Å². The predicted octanol–water partition coefficient (Wildman–Crippen LogP) is 9.22. The maximum absolute atomic E-state index is 13.4. The largest absolute Gasteiger partial charge is 0.461 e. The number of hydrogen-bond donors (Lipinski definition) is 0. The van der Waals surface area contributed by atoms with Crippen LogP contribution in [0.3, 0.4) is 0 Å². The normalized spacial score (nSPS) is 34.1. The molecule has 0 saturated heterocycles. The average molecular weight is 683 g/mol. The summed E-state index contributed by atoms with van der Waals surface area (Å²) in [7, 11) is 0. The molecule has 0 heterocycles. The Labute approximate surface area is 296 Å². The van der Waals surface area contributed by atoms with Gasteiger partial charge in [0.15, 0.2) is 6.10 Å². The van der Waals surface area contributed by atoms with Crippen LogP contribution in [-0.4, -0.2) is 42.0 Å². The van der Waals surface area contributed by atoms with E-state index >= 15 is 0 Å². The lowest BCUT2D eigenvalue weighted by molar-refractivity contribution is -0.219. The molecular formula is C42H66O7. The van der Waals surface area contributed by atoms with Crippen molar-refractivity contribution in [3.05, 3.63) is 23.3 Å². The Hall–Kier alpha value is -2.44. The van der Waals surface area contributed by atoms with Gasteiger partial charge < -0.3 is 14.2 Å². The molecule has 0 N–H and O–H groups in total. The van der Waals surface area contributed by atoms with Crippen LogP contribution >= 0.6 is 0 Å². The van der Waals surface area contributed by atoms with E-state index in [0.29, 0.717) is 30.6 Å². The predicted molar refractivity (Wildman–Crippen MR) is 192 cm³/mol. The number of ether oxygens (including phenoxy) is 3. The number of ketones is 1. The van der Waals surface area contributed by atoms with Crippen molar-refractivity contribution in [2.75, 3.05) is 0 Å². The molecule has 0 aromatic heterocycles. The van der Waals surface area contributed by atoms with Crippen LogP contribution in [0.15, 0.2) is 23.3 Å². The van der Waals surface area contributed by atoms with E-state index in [-0.39, 0.29) is 75.8 Å². The number of carbonyl (C=O) groups is 4. The number of carbonyl (C=O) groups excluding carboxylic acids is 4. The number of Topliss-reactive ketones (excluding diaryl/α,β-unsaturated/α-hetero) is 1. The summed E-state index contributed by atoms with van der Waals surface area (Å²) < 4.78 is 18.6. The minimum Gasteiger partial charge on any atom is -0.461 e. The molecule has 9 atom stereocenters. The van der Waals surface area contributed by atoms with E-state index in [2.05, 4.69) is 48.1 Å². The summed E-state index contributed by atoms with van der Waals surface area (Å²) >= 11 is 0. The third-order valence-corrected chi connectivity index (χ3v) is 13.8. The summed E-state index contributed by atoms with van der Waals surface area (Å²) in [5.41, 5.74) is 2.58. The van der Waals surface area contributed by atoms with Gasteiger partial charge in [0.05, 0.1) is 17.8 Å². The third kappa shape index (κ3) is 6.82. The molecule has 49 heavy (non-hydrogen) atoms. The molecule has 0 radical (unpaired) electrons. The van der Waals surface area contributed by atoms with Gasteiger partial charge in [-0.05, 0) is 79.1 Å². The molecule has 0 bridgehead atoms. The lowest BCUT2D eigenvalue weighted by Gasteiger charge is -2.69. The van der Waals surface area contributed by atoms with Gasteiger partial charge in [0.25, 0.3) is 0 Å². The van der Waals surface area contributed by atoms with E-state index in [9.17, 15) is 19.2 Å². The maximum atomic E-state index is 13.4. The van der Waals surface area contributed by atoms with Crippen molar-refractivity contribution in [3.63, 3.8) is 0 Å². The summed E-state index contributed by atoms with van der Waals surface area (Å²) in [5, 5.41) is 0. The van der Waals surface area contributed by atoms with Crippen molar-refractivity contribution in [1.82, 2.24) is 0 Å². The second-order valence-corrected chi connectivity index (χ2v) is 18.4. The molecule has 0 aromatic rings. The highest BCUT2D eigenvalue weighted by Gasteiger charge is 2.70. The number of esters is 3. The maximum Gasteiger partial charge on any atom is 0.309 e. The lowest BCUT2D eigenvalue weighted by Crippen LogP contribution is -2.66. The van der Waals surface area contributed by atoms with Crippen molar-refractivity contribution >= 4 is 23.7 Å². The van der Waals surface area contributed by atoms with Gasteiger partial charge in [0.2, 0.25) is 0 Å². The molecule has 276 valence electrons. The van der Waals surface area contributed by atoms with Crippen LogP contribution in [0, 0.1) is 57.2 Å². The van der Waals surface area contributed by atoms with Gasteiger partial charge in [-0.2, -0.15) is 0 Å². The third-order valence-electron chi connectivity index (χ3n) is 13.8. The fourth-order valence-electron chi connectivity index (χ4n) is 10.8. The molecule has 7 heteroatoms. The first-order chi connectivity index (χ1) is 22.5. The summed E-state index contributed by atoms with van der Waals surface area (Å²) in [6.45, 7) is 30.7. The van der Waals surface area contributed by atoms with Crippen molar-refractivity contribution in [1.29, 1.82) is 0 Å². The minimum atomic E-state index is -0.751. The van der Waals surface area contributed by atoms with Crippen molar-refractivity contribution in [3.8, 4) is 0 Å². The molecule has 7 nitrogen and oxygen atoms in total. The fraction of sp³-hybridized carbons (Fsp3) is 0.810. The molecule has 4 aliphatic rings. The van der Waals surface area contributed by atoms with Crippen LogP contribution in [0.2, 0.25) is 0 Å². The molecular weight excluding hydrogens is 616 g/mol. The molecule has 4 aliphatic carbocycles. The first kappa shape index (κ1) is 39.3. The second-order valence-electron chi connectivity index (χ2n) is 18.4. The molecule has 4 rings (SSSR count). The quantitative estimate of drug-likeness (QED) is 0.122. The van der Waals surface area contributed by atoms with Crippen LogP contribution in [0.5, 0.6) is 0 Å². The monoisotopic (exact) mass is 682 g/mol. The van der Waals surface area contributed by atoms with E-state index in [4.69, 9.17) is 14.2 Å². The van der Waals surface area contributed by atoms with Crippen LogP contribution < -0.4 is 0 Å². The number of hydrogen-bond acceptors (Lipinski definition) is 7. The number of fused-ring (bicyclic) bond motifs is 5. The Bertz CT molecular complexity index is 1370. The standard InChI is InChI=1S/C42H66O7/c1-23(2)34(49-38(46)26(7)8)30(47-36(44)24(3)4)21-27(9)28-15-19-41(13)29(28)22-31(48-37(45)25(5)6)35-40(12)18-17-33(43)39(10,11)32(40)16-20-42(35,41)14/h24-27,30-32,34-35H,1,15-22H2,2-14H3/t27-,30+,31+,32+,34+,35+,40+,41+,42+/m1/s1. The Kier molecular flexibility index (Phi) is 11.2. The van der Waals surface area contributed by atoms with E-state index in [1.54, 1.807) is 13.8 Å². The SMILES string of the molecule is C=C(C)[C@H](OC(=O)C(C)C)[C@H](C[C@@H](C)C1=C2C[C@H](OC(=O)C(C)C)[C@H]3[C@@]4(C)CCC(=O)C(C)(C)[C@@H]4CC[C@]3(C)[C@@]2(C)CC1)OC(=O)C(C)C. The van der Waals surface area contributed by atoms with E-state index in [1.807, 2.05) is 34.6 Å². The number of rotatable bonds is 11. The molecule has 3 saturated carbocycles. The van der Waals surface area contributed by atoms with Crippen LogP contribution in [-0.2, 0) is 33.4 Å². The smallest absolute Gasteiger partial charge is 0.309 e. The highest BCUT2D eigenvalue weighted by Crippen LogP contribution is 2.74. The zero-order chi connectivity index (χ0) is 37.0.